The van der Waals surface area contributed by atoms with Crippen LogP contribution in [0, 0.1) is 5.92 Å². The van der Waals surface area contributed by atoms with Crippen molar-refractivity contribution in [1.29, 1.82) is 0 Å². The van der Waals surface area contributed by atoms with E-state index in [2.05, 4.69) is 4.90 Å². The van der Waals surface area contributed by atoms with Crippen molar-refractivity contribution in [2.75, 3.05) is 32.7 Å². The van der Waals surface area contributed by atoms with Gasteiger partial charge in [0.25, 0.3) is 5.91 Å². The molecule has 3 amide bonds. The third kappa shape index (κ3) is 3.80. The highest BCUT2D eigenvalue weighted by Crippen LogP contribution is 2.30. The van der Waals surface area contributed by atoms with Crippen LogP contribution in [0.25, 0.3) is 0 Å². The molecule has 4 rings (SSSR count). The molecule has 138 valence electrons. The van der Waals surface area contributed by atoms with Crippen molar-refractivity contribution in [2.45, 2.75) is 32.2 Å². The zero-order valence-corrected chi connectivity index (χ0v) is 15.0. The molecule has 2 saturated heterocycles. The van der Waals surface area contributed by atoms with E-state index < -0.39 is 0 Å². The Morgan fingerprint density at radius 3 is 2.12 bits per heavy atom. The van der Waals surface area contributed by atoms with Crippen molar-refractivity contribution < 1.29 is 14.4 Å². The maximum absolute atomic E-state index is 12.7. The van der Waals surface area contributed by atoms with Crippen LogP contribution in [-0.2, 0) is 16.1 Å². The van der Waals surface area contributed by atoms with Gasteiger partial charge < -0.3 is 4.90 Å². The fourth-order valence-electron chi connectivity index (χ4n) is 3.72. The van der Waals surface area contributed by atoms with E-state index in [1.807, 2.05) is 17.0 Å². The average Bonchev–Trinajstić information content (AvgIpc) is 3.43. The number of benzene rings is 1. The van der Waals surface area contributed by atoms with Crippen molar-refractivity contribution >= 4 is 17.7 Å². The molecule has 3 fully saturated rings. The zero-order chi connectivity index (χ0) is 18.1. The molecular weight excluding hydrogens is 330 g/mol. The number of nitrogens with zero attached hydrogens (tertiary/aromatic N) is 3. The third-order valence-corrected chi connectivity index (χ3v) is 5.57. The summed E-state index contributed by atoms with van der Waals surface area (Å²) in [6.45, 7) is 4.96. The lowest BCUT2D eigenvalue weighted by molar-refractivity contribution is -0.139. The standard InChI is InChI=1S/C20H25N3O3/c24-18-7-8-19(25)23(18)14-16-3-5-17(6-4-16)20(26)22-11-9-21(10-12-22)13-15-1-2-15/h3-6,15H,1-2,7-14H2. The van der Waals surface area contributed by atoms with Crippen LogP contribution in [0.2, 0.25) is 0 Å². The van der Waals surface area contributed by atoms with E-state index in [0.29, 0.717) is 24.9 Å². The lowest BCUT2D eigenvalue weighted by Gasteiger charge is -2.34. The summed E-state index contributed by atoms with van der Waals surface area (Å²) in [5.41, 5.74) is 1.54. The molecule has 1 aliphatic carbocycles. The maximum atomic E-state index is 12.7. The van der Waals surface area contributed by atoms with Crippen molar-refractivity contribution in [3.8, 4) is 0 Å². The molecule has 6 nitrogen and oxygen atoms in total. The minimum atomic E-state index is -0.112. The summed E-state index contributed by atoms with van der Waals surface area (Å²) in [5, 5.41) is 0. The molecular formula is C20H25N3O3. The van der Waals surface area contributed by atoms with Crippen LogP contribution in [0.4, 0.5) is 0 Å². The summed E-state index contributed by atoms with van der Waals surface area (Å²) in [7, 11) is 0. The Hall–Kier alpha value is -2.21. The van der Waals surface area contributed by atoms with Gasteiger partial charge in [-0.05, 0) is 36.5 Å². The number of hydrogen-bond donors (Lipinski definition) is 0. The lowest BCUT2D eigenvalue weighted by atomic mass is 10.1. The van der Waals surface area contributed by atoms with Gasteiger partial charge in [0.05, 0.1) is 6.54 Å². The second-order valence-corrected chi connectivity index (χ2v) is 7.61. The third-order valence-electron chi connectivity index (χ3n) is 5.57. The summed E-state index contributed by atoms with van der Waals surface area (Å²) in [5.74, 6) is 0.730. The Labute approximate surface area is 153 Å². The molecule has 0 N–H and O–H groups in total. The summed E-state index contributed by atoms with van der Waals surface area (Å²) < 4.78 is 0. The molecule has 0 radical (unpaired) electrons. The molecule has 1 saturated carbocycles. The molecule has 3 aliphatic rings. The van der Waals surface area contributed by atoms with E-state index in [0.717, 1.165) is 37.7 Å². The first-order valence-electron chi connectivity index (χ1n) is 9.54. The second kappa shape index (κ2) is 7.19. The first-order valence-corrected chi connectivity index (χ1v) is 9.54. The van der Waals surface area contributed by atoms with Crippen LogP contribution in [0.5, 0.6) is 0 Å². The highest BCUT2D eigenvalue weighted by molar-refractivity contribution is 6.01. The van der Waals surface area contributed by atoms with Gasteiger partial charge in [0.1, 0.15) is 0 Å². The highest BCUT2D eigenvalue weighted by Gasteiger charge is 2.29. The minimum absolute atomic E-state index is 0.0657. The first-order chi connectivity index (χ1) is 12.6. The van der Waals surface area contributed by atoms with Gasteiger partial charge in [-0.25, -0.2) is 0 Å². The summed E-state index contributed by atoms with van der Waals surface area (Å²) in [6.07, 6.45) is 3.34. The van der Waals surface area contributed by atoms with Crippen molar-refractivity contribution in [2.24, 2.45) is 5.92 Å². The molecule has 0 spiro atoms. The van der Waals surface area contributed by atoms with Crippen molar-refractivity contribution in [1.82, 2.24) is 14.7 Å². The van der Waals surface area contributed by atoms with Gasteiger partial charge in [0.2, 0.25) is 11.8 Å². The Balaban J connectivity index is 1.32. The molecule has 26 heavy (non-hydrogen) atoms. The van der Waals surface area contributed by atoms with Gasteiger partial charge >= 0.3 is 0 Å². The van der Waals surface area contributed by atoms with E-state index in [1.165, 1.54) is 24.3 Å². The molecule has 0 unspecified atom stereocenters. The molecule has 0 bridgehead atoms. The number of imide groups is 1. The quantitative estimate of drug-likeness (QED) is 0.751. The second-order valence-electron chi connectivity index (χ2n) is 7.61. The first kappa shape index (κ1) is 17.2. The van der Waals surface area contributed by atoms with Gasteiger partial charge in [-0.15, -0.1) is 0 Å². The predicted molar refractivity (Wildman–Crippen MR) is 96.3 cm³/mol. The van der Waals surface area contributed by atoms with Crippen LogP contribution >= 0.6 is 0 Å². The Bertz CT molecular complexity index is 688. The number of carbonyl (C=O) groups excluding carboxylic acids is 3. The molecule has 0 aromatic heterocycles. The van der Waals surface area contributed by atoms with Crippen LogP contribution in [0.15, 0.2) is 24.3 Å². The monoisotopic (exact) mass is 355 g/mol. The van der Waals surface area contributed by atoms with Gasteiger partial charge in [-0.1, -0.05) is 12.1 Å². The van der Waals surface area contributed by atoms with Gasteiger partial charge in [0, 0.05) is 51.1 Å². The summed E-state index contributed by atoms with van der Waals surface area (Å²) in [4.78, 5) is 41.8. The van der Waals surface area contributed by atoms with E-state index >= 15 is 0 Å². The van der Waals surface area contributed by atoms with Gasteiger partial charge in [0.15, 0.2) is 0 Å². The fourth-order valence-corrected chi connectivity index (χ4v) is 3.72. The van der Waals surface area contributed by atoms with Crippen LogP contribution in [0.3, 0.4) is 0 Å². The number of amides is 3. The molecule has 1 aromatic rings. The molecule has 0 atom stereocenters. The zero-order valence-electron chi connectivity index (χ0n) is 15.0. The maximum Gasteiger partial charge on any atom is 0.253 e. The highest BCUT2D eigenvalue weighted by atomic mass is 16.2. The molecule has 2 aliphatic heterocycles. The number of likely N-dealkylation sites (tertiary alicyclic amines) is 1. The van der Waals surface area contributed by atoms with Crippen LogP contribution in [0.1, 0.15) is 41.6 Å². The van der Waals surface area contributed by atoms with Gasteiger partial charge in [-0.2, -0.15) is 0 Å². The van der Waals surface area contributed by atoms with E-state index in [9.17, 15) is 14.4 Å². The predicted octanol–water partition coefficient (Wildman–Crippen LogP) is 1.50. The largest absolute Gasteiger partial charge is 0.336 e. The fraction of sp³-hybridized carbons (Fsp3) is 0.550. The van der Waals surface area contributed by atoms with E-state index in [4.69, 9.17) is 0 Å². The van der Waals surface area contributed by atoms with Crippen molar-refractivity contribution in [3.63, 3.8) is 0 Å². The van der Waals surface area contributed by atoms with Crippen molar-refractivity contribution in [3.05, 3.63) is 35.4 Å². The number of hydrogen-bond acceptors (Lipinski definition) is 4. The van der Waals surface area contributed by atoms with Crippen LogP contribution in [-0.4, -0.2) is 65.1 Å². The SMILES string of the molecule is O=C(c1ccc(CN2C(=O)CCC2=O)cc1)N1CCN(CC2CC2)CC1. The lowest BCUT2D eigenvalue weighted by Crippen LogP contribution is -2.49. The topological polar surface area (TPSA) is 60.9 Å². The Kier molecular flexibility index (Phi) is 4.76. The molecule has 1 aromatic carbocycles. The number of rotatable bonds is 5. The Morgan fingerprint density at radius 1 is 0.923 bits per heavy atom. The number of piperazine rings is 1. The average molecular weight is 355 g/mol. The van der Waals surface area contributed by atoms with Crippen LogP contribution < -0.4 is 0 Å². The van der Waals surface area contributed by atoms with E-state index in [-0.39, 0.29) is 17.7 Å². The normalized spacial score (nSPS) is 21.5. The molecule has 6 heteroatoms. The Morgan fingerprint density at radius 2 is 1.54 bits per heavy atom. The van der Waals surface area contributed by atoms with E-state index in [1.54, 1.807) is 12.1 Å². The molecule has 2 heterocycles. The van der Waals surface area contributed by atoms with Gasteiger partial charge in [-0.3, -0.25) is 24.2 Å². The smallest absolute Gasteiger partial charge is 0.253 e. The summed E-state index contributed by atoms with van der Waals surface area (Å²) in [6, 6.07) is 7.30. The summed E-state index contributed by atoms with van der Waals surface area (Å²) >= 11 is 0. The number of carbonyl (C=O) groups is 3. The minimum Gasteiger partial charge on any atom is -0.336 e.